The molecule has 0 saturated heterocycles. The molecule has 5 N–H and O–H groups in total. The Morgan fingerprint density at radius 2 is 1.86 bits per heavy atom. The average molecular weight is 201 g/mol. The maximum atomic E-state index is 11.3. The van der Waals surface area contributed by atoms with Gasteiger partial charge in [0.15, 0.2) is 0 Å². The third-order valence-corrected chi connectivity index (χ3v) is 2.05. The SMILES string of the molecule is CC[C@H](N)C(=O)N[C@H](C(N)=O)C(C)C. The molecular weight excluding hydrogens is 182 g/mol. The molecule has 0 rings (SSSR count). The van der Waals surface area contributed by atoms with Gasteiger partial charge in [-0.3, -0.25) is 9.59 Å². The van der Waals surface area contributed by atoms with Crippen molar-refractivity contribution in [2.75, 3.05) is 0 Å². The zero-order valence-corrected chi connectivity index (χ0v) is 8.91. The lowest BCUT2D eigenvalue weighted by Gasteiger charge is -2.20. The molecule has 0 saturated carbocycles. The third kappa shape index (κ3) is 3.74. The molecule has 0 radical (unpaired) electrons. The predicted molar refractivity (Wildman–Crippen MR) is 54.2 cm³/mol. The number of primary amides is 1. The van der Waals surface area contributed by atoms with Gasteiger partial charge in [0.05, 0.1) is 6.04 Å². The zero-order valence-electron chi connectivity index (χ0n) is 8.91. The van der Waals surface area contributed by atoms with Gasteiger partial charge in [-0.1, -0.05) is 20.8 Å². The first-order valence-electron chi connectivity index (χ1n) is 4.75. The molecule has 0 aliphatic rings. The molecule has 0 aliphatic heterocycles. The summed E-state index contributed by atoms with van der Waals surface area (Å²) in [6.45, 7) is 5.43. The molecule has 0 heterocycles. The normalized spacial score (nSPS) is 14.9. The minimum Gasteiger partial charge on any atom is -0.368 e. The smallest absolute Gasteiger partial charge is 0.240 e. The minimum atomic E-state index is -0.639. The lowest BCUT2D eigenvalue weighted by molar-refractivity contribution is -0.129. The van der Waals surface area contributed by atoms with Crippen LogP contribution in [0.3, 0.4) is 0 Å². The molecule has 5 heteroatoms. The highest BCUT2D eigenvalue weighted by Crippen LogP contribution is 2.01. The molecule has 0 aromatic carbocycles. The fourth-order valence-electron chi connectivity index (χ4n) is 1.01. The van der Waals surface area contributed by atoms with Crippen LogP contribution in [-0.2, 0) is 9.59 Å². The van der Waals surface area contributed by atoms with Crippen molar-refractivity contribution < 1.29 is 9.59 Å². The summed E-state index contributed by atoms with van der Waals surface area (Å²) in [5.41, 5.74) is 10.6. The number of rotatable bonds is 5. The van der Waals surface area contributed by atoms with Gasteiger partial charge in [-0.25, -0.2) is 0 Å². The Kier molecular flexibility index (Phi) is 5.15. The molecule has 0 fully saturated rings. The van der Waals surface area contributed by atoms with Crippen molar-refractivity contribution in [1.82, 2.24) is 5.32 Å². The van der Waals surface area contributed by atoms with Crippen LogP contribution >= 0.6 is 0 Å². The van der Waals surface area contributed by atoms with Gasteiger partial charge >= 0.3 is 0 Å². The maximum Gasteiger partial charge on any atom is 0.240 e. The van der Waals surface area contributed by atoms with Crippen LogP contribution in [0.2, 0.25) is 0 Å². The van der Waals surface area contributed by atoms with Crippen molar-refractivity contribution in [3.63, 3.8) is 0 Å². The fourth-order valence-corrected chi connectivity index (χ4v) is 1.01. The monoisotopic (exact) mass is 201 g/mol. The second kappa shape index (κ2) is 5.59. The van der Waals surface area contributed by atoms with Crippen LogP contribution in [0.1, 0.15) is 27.2 Å². The predicted octanol–water partition coefficient (Wildman–Crippen LogP) is -0.650. The van der Waals surface area contributed by atoms with Crippen LogP contribution in [0.5, 0.6) is 0 Å². The molecule has 0 bridgehead atoms. The van der Waals surface area contributed by atoms with E-state index >= 15 is 0 Å². The molecule has 0 spiro atoms. The Labute approximate surface area is 84.2 Å². The lowest BCUT2D eigenvalue weighted by Crippen LogP contribution is -2.52. The highest BCUT2D eigenvalue weighted by molar-refractivity contribution is 5.88. The first-order valence-corrected chi connectivity index (χ1v) is 4.75. The van der Waals surface area contributed by atoms with Gasteiger partial charge in [-0.15, -0.1) is 0 Å². The summed E-state index contributed by atoms with van der Waals surface area (Å²) in [5, 5.41) is 2.53. The van der Waals surface area contributed by atoms with Gasteiger partial charge in [-0.05, 0) is 12.3 Å². The largest absolute Gasteiger partial charge is 0.368 e. The highest BCUT2D eigenvalue weighted by atomic mass is 16.2. The summed E-state index contributed by atoms with van der Waals surface area (Å²) >= 11 is 0. The number of carbonyl (C=O) groups is 2. The molecule has 14 heavy (non-hydrogen) atoms. The Balaban J connectivity index is 4.31. The summed E-state index contributed by atoms with van der Waals surface area (Å²) in [7, 11) is 0. The Hall–Kier alpha value is -1.10. The first kappa shape index (κ1) is 12.9. The van der Waals surface area contributed by atoms with E-state index in [9.17, 15) is 9.59 Å². The summed E-state index contributed by atoms with van der Waals surface area (Å²) in [4.78, 5) is 22.3. The number of amides is 2. The topological polar surface area (TPSA) is 98.2 Å². The van der Waals surface area contributed by atoms with Crippen molar-refractivity contribution in [3.8, 4) is 0 Å². The average Bonchev–Trinajstić information content (AvgIpc) is 2.11. The van der Waals surface area contributed by atoms with Crippen LogP contribution in [0.4, 0.5) is 0 Å². The second-order valence-corrected chi connectivity index (χ2v) is 3.65. The van der Waals surface area contributed by atoms with Gasteiger partial charge in [0, 0.05) is 0 Å². The van der Waals surface area contributed by atoms with E-state index in [0.29, 0.717) is 6.42 Å². The second-order valence-electron chi connectivity index (χ2n) is 3.65. The van der Waals surface area contributed by atoms with E-state index < -0.39 is 18.0 Å². The Bertz CT molecular complexity index is 216. The quantitative estimate of drug-likeness (QED) is 0.551. The highest BCUT2D eigenvalue weighted by Gasteiger charge is 2.23. The van der Waals surface area contributed by atoms with Crippen LogP contribution < -0.4 is 16.8 Å². The van der Waals surface area contributed by atoms with E-state index in [4.69, 9.17) is 11.5 Å². The lowest BCUT2D eigenvalue weighted by atomic mass is 10.0. The summed E-state index contributed by atoms with van der Waals surface area (Å²) < 4.78 is 0. The summed E-state index contributed by atoms with van der Waals surface area (Å²) in [5.74, 6) is -0.887. The van der Waals surface area contributed by atoms with Crippen molar-refractivity contribution in [1.29, 1.82) is 0 Å². The standard InChI is InChI=1S/C9H19N3O2/c1-4-6(10)9(14)12-7(5(2)3)8(11)13/h5-7H,4,10H2,1-3H3,(H2,11,13)(H,12,14)/t6-,7-/m0/s1. The Morgan fingerprint density at radius 1 is 1.36 bits per heavy atom. The van der Waals surface area contributed by atoms with Crippen molar-refractivity contribution in [3.05, 3.63) is 0 Å². The molecule has 0 unspecified atom stereocenters. The summed E-state index contributed by atoms with van der Waals surface area (Å²) in [6.07, 6.45) is 0.537. The fraction of sp³-hybridized carbons (Fsp3) is 0.778. The number of carbonyl (C=O) groups excluding carboxylic acids is 2. The van der Waals surface area contributed by atoms with Crippen molar-refractivity contribution in [2.24, 2.45) is 17.4 Å². The molecule has 5 nitrogen and oxygen atoms in total. The molecule has 0 aliphatic carbocycles. The van der Waals surface area contributed by atoms with E-state index in [1.807, 2.05) is 13.8 Å². The molecule has 0 aromatic heterocycles. The molecule has 2 amide bonds. The number of hydrogen-bond donors (Lipinski definition) is 3. The maximum absolute atomic E-state index is 11.3. The van der Waals surface area contributed by atoms with E-state index in [0.717, 1.165) is 0 Å². The molecule has 0 aromatic rings. The third-order valence-electron chi connectivity index (χ3n) is 2.05. The minimum absolute atomic E-state index is 0.0273. The van der Waals surface area contributed by atoms with Gasteiger partial charge in [0.2, 0.25) is 11.8 Å². The first-order chi connectivity index (χ1) is 6.40. The number of hydrogen-bond acceptors (Lipinski definition) is 3. The van der Waals surface area contributed by atoms with Crippen LogP contribution in [0, 0.1) is 5.92 Å². The van der Waals surface area contributed by atoms with Crippen LogP contribution in [0.15, 0.2) is 0 Å². The van der Waals surface area contributed by atoms with Gasteiger partial charge in [0.1, 0.15) is 6.04 Å². The summed E-state index contributed by atoms with van der Waals surface area (Å²) in [6, 6.07) is -1.21. The van der Waals surface area contributed by atoms with Gasteiger partial charge in [-0.2, -0.15) is 0 Å². The molecule has 82 valence electrons. The van der Waals surface area contributed by atoms with E-state index in [1.54, 1.807) is 6.92 Å². The number of nitrogens with two attached hydrogens (primary N) is 2. The van der Waals surface area contributed by atoms with E-state index in [2.05, 4.69) is 5.32 Å². The van der Waals surface area contributed by atoms with Gasteiger partial charge in [0.25, 0.3) is 0 Å². The van der Waals surface area contributed by atoms with Crippen LogP contribution in [0.25, 0.3) is 0 Å². The zero-order chi connectivity index (χ0) is 11.3. The van der Waals surface area contributed by atoms with Gasteiger partial charge < -0.3 is 16.8 Å². The van der Waals surface area contributed by atoms with E-state index in [-0.39, 0.29) is 11.8 Å². The number of nitrogens with one attached hydrogen (secondary N) is 1. The molecule has 2 atom stereocenters. The Morgan fingerprint density at radius 3 is 2.14 bits per heavy atom. The molecular formula is C9H19N3O2. The van der Waals surface area contributed by atoms with Crippen molar-refractivity contribution >= 4 is 11.8 Å². The van der Waals surface area contributed by atoms with E-state index in [1.165, 1.54) is 0 Å². The van der Waals surface area contributed by atoms with Crippen molar-refractivity contribution in [2.45, 2.75) is 39.3 Å². The van der Waals surface area contributed by atoms with Crippen LogP contribution in [-0.4, -0.2) is 23.9 Å².